The monoisotopic (exact) mass is 341 g/mol. The van der Waals surface area contributed by atoms with Crippen LogP contribution in [0.2, 0.25) is 0 Å². The molecule has 1 aliphatic heterocycles. The van der Waals surface area contributed by atoms with Crippen LogP contribution >= 0.6 is 15.9 Å². The fourth-order valence-corrected chi connectivity index (χ4v) is 3.13. The van der Waals surface area contributed by atoms with Gasteiger partial charge in [0.25, 0.3) is 0 Å². The zero-order valence-electron chi connectivity index (χ0n) is 12.5. The highest BCUT2D eigenvalue weighted by molar-refractivity contribution is 9.10. The predicted octanol–water partition coefficient (Wildman–Crippen LogP) is 2.92. The molecule has 1 heterocycles. The van der Waals surface area contributed by atoms with Crippen molar-refractivity contribution < 1.29 is 9.84 Å². The molecule has 20 heavy (non-hydrogen) atoms. The van der Waals surface area contributed by atoms with Crippen molar-refractivity contribution in [2.45, 2.75) is 39.2 Å². The van der Waals surface area contributed by atoms with Gasteiger partial charge in [0.05, 0.1) is 12.2 Å². The summed E-state index contributed by atoms with van der Waals surface area (Å²) in [7, 11) is 0. The fourth-order valence-electron chi connectivity index (χ4n) is 2.58. The van der Waals surface area contributed by atoms with E-state index in [1.165, 1.54) is 5.56 Å². The van der Waals surface area contributed by atoms with Crippen molar-refractivity contribution in [2.75, 3.05) is 19.7 Å². The number of fused-ring (bicyclic) bond motifs is 1. The Hall–Kier alpha value is -0.580. The molecule has 112 valence electrons. The molecule has 1 aromatic carbocycles. The fraction of sp³-hybridized carbons (Fsp3) is 0.625. The SMILES string of the molecule is CC(C)CNCC(C)(O)Cc1cc(Br)cc2c1OCC2. The summed E-state index contributed by atoms with van der Waals surface area (Å²) in [5, 5.41) is 13.9. The average Bonchev–Trinajstić information content (AvgIpc) is 2.75. The van der Waals surface area contributed by atoms with Crippen LogP contribution in [-0.4, -0.2) is 30.4 Å². The van der Waals surface area contributed by atoms with Crippen LogP contribution in [0.3, 0.4) is 0 Å². The van der Waals surface area contributed by atoms with Gasteiger partial charge >= 0.3 is 0 Å². The van der Waals surface area contributed by atoms with E-state index in [4.69, 9.17) is 4.74 Å². The third kappa shape index (κ3) is 4.21. The number of halogens is 1. The first-order valence-electron chi connectivity index (χ1n) is 7.24. The maximum atomic E-state index is 10.6. The van der Waals surface area contributed by atoms with Crippen molar-refractivity contribution >= 4 is 15.9 Å². The molecule has 1 atom stereocenters. The zero-order valence-corrected chi connectivity index (χ0v) is 14.1. The van der Waals surface area contributed by atoms with Crippen LogP contribution in [0.25, 0.3) is 0 Å². The van der Waals surface area contributed by atoms with Gasteiger partial charge in [-0.05, 0) is 42.6 Å². The molecule has 1 aliphatic rings. The molecule has 0 saturated heterocycles. The van der Waals surface area contributed by atoms with Crippen LogP contribution in [0.4, 0.5) is 0 Å². The Morgan fingerprint density at radius 3 is 2.90 bits per heavy atom. The molecule has 3 nitrogen and oxygen atoms in total. The van der Waals surface area contributed by atoms with Gasteiger partial charge in [-0.25, -0.2) is 0 Å². The van der Waals surface area contributed by atoms with Gasteiger partial charge in [0.2, 0.25) is 0 Å². The maximum absolute atomic E-state index is 10.6. The first-order chi connectivity index (χ1) is 9.37. The standard InChI is InChI=1S/C16H24BrNO2/c1-11(2)9-18-10-16(3,19)8-13-7-14(17)6-12-4-5-20-15(12)13/h6-7,11,18-19H,4-5,8-10H2,1-3H3. The minimum absolute atomic E-state index is 0.587. The molecule has 1 unspecified atom stereocenters. The summed E-state index contributed by atoms with van der Waals surface area (Å²) < 4.78 is 6.78. The lowest BCUT2D eigenvalue weighted by atomic mass is 9.94. The Morgan fingerprint density at radius 2 is 2.20 bits per heavy atom. The van der Waals surface area contributed by atoms with Gasteiger partial charge in [-0.1, -0.05) is 29.8 Å². The minimum Gasteiger partial charge on any atom is -0.493 e. The van der Waals surface area contributed by atoms with Crippen LogP contribution in [0.5, 0.6) is 5.75 Å². The Bertz CT molecular complexity index is 472. The van der Waals surface area contributed by atoms with Crippen molar-refractivity contribution in [3.05, 3.63) is 27.7 Å². The highest BCUT2D eigenvalue weighted by Crippen LogP contribution is 2.34. The Balaban J connectivity index is 2.05. The third-order valence-electron chi connectivity index (χ3n) is 3.46. The Morgan fingerprint density at radius 1 is 1.45 bits per heavy atom. The van der Waals surface area contributed by atoms with Crippen molar-refractivity contribution in [3.8, 4) is 5.75 Å². The van der Waals surface area contributed by atoms with E-state index in [1.807, 2.05) is 6.92 Å². The molecule has 0 amide bonds. The van der Waals surface area contributed by atoms with E-state index >= 15 is 0 Å². The smallest absolute Gasteiger partial charge is 0.125 e. The number of hydrogen-bond acceptors (Lipinski definition) is 3. The van der Waals surface area contributed by atoms with Gasteiger partial charge in [-0.2, -0.15) is 0 Å². The Labute approximate surface area is 129 Å². The van der Waals surface area contributed by atoms with E-state index in [0.717, 1.165) is 35.4 Å². The number of nitrogens with one attached hydrogen (secondary N) is 1. The molecular formula is C16H24BrNO2. The second kappa shape index (κ2) is 6.46. The molecular weight excluding hydrogens is 318 g/mol. The number of aliphatic hydroxyl groups is 1. The van der Waals surface area contributed by atoms with Crippen molar-refractivity contribution in [1.29, 1.82) is 0 Å². The summed E-state index contributed by atoms with van der Waals surface area (Å²) in [6.07, 6.45) is 1.55. The summed E-state index contributed by atoms with van der Waals surface area (Å²) in [6.45, 7) is 8.46. The molecule has 0 fully saturated rings. The van der Waals surface area contributed by atoms with E-state index < -0.39 is 5.60 Å². The normalized spacial score (nSPS) is 16.9. The van der Waals surface area contributed by atoms with Gasteiger partial charge < -0.3 is 15.2 Å². The number of rotatable bonds is 6. The van der Waals surface area contributed by atoms with E-state index in [9.17, 15) is 5.11 Å². The van der Waals surface area contributed by atoms with Crippen LogP contribution < -0.4 is 10.1 Å². The molecule has 1 aromatic rings. The van der Waals surface area contributed by atoms with Crippen molar-refractivity contribution in [3.63, 3.8) is 0 Å². The molecule has 0 aromatic heterocycles. The summed E-state index contributed by atoms with van der Waals surface area (Å²) >= 11 is 3.54. The van der Waals surface area contributed by atoms with Crippen LogP contribution in [0, 0.1) is 5.92 Å². The molecule has 0 radical (unpaired) electrons. The van der Waals surface area contributed by atoms with Gasteiger partial charge in [-0.3, -0.25) is 0 Å². The summed E-state index contributed by atoms with van der Waals surface area (Å²) in [5.74, 6) is 1.56. The highest BCUT2D eigenvalue weighted by atomic mass is 79.9. The first kappa shape index (κ1) is 15.8. The average molecular weight is 342 g/mol. The second-order valence-corrected chi connectivity index (χ2v) is 7.27. The lowest BCUT2D eigenvalue weighted by Crippen LogP contribution is -2.41. The van der Waals surface area contributed by atoms with Crippen molar-refractivity contribution in [2.24, 2.45) is 5.92 Å². The van der Waals surface area contributed by atoms with Crippen LogP contribution in [0.15, 0.2) is 16.6 Å². The molecule has 4 heteroatoms. The molecule has 0 bridgehead atoms. The quantitative estimate of drug-likeness (QED) is 0.835. The molecule has 0 saturated carbocycles. The summed E-state index contributed by atoms with van der Waals surface area (Å²) in [4.78, 5) is 0. The van der Waals surface area contributed by atoms with Gasteiger partial charge in [0, 0.05) is 23.9 Å². The van der Waals surface area contributed by atoms with Crippen LogP contribution in [-0.2, 0) is 12.8 Å². The number of hydrogen-bond donors (Lipinski definition) is 2. The second-order valence-electron chi connectivity index (χ2n) is 6.35. The van der Waals surface area contributed by atoms with E-state index in [0.29, 0.717) is 18.9 Å². The molecule has 0 spiro atoms. The first-order valence-corrected chi connectivity index (χ1v) is 8.04. The van der Waals surface area contributed by atoms with Crippen molar-refractivity contribution in [1.82, 2.24) is 5.32 Å². The largest absolute Gasteiger partial charge is 0.493 e. The van der Waals surface area contributed by atoms with Gasteiger partial charge in [0.15, 0.2) is 0 Å². The third-order valence-corrected chi connectivity index (χ3v) is 3.91. The molecule has 0 aliphatic carbocycles. The van der Waals surface area contributed by atoms with E-state index in [2.05, 4.69) is 47.2 Å². The van der Waals surface area contributed by atoms with Crippen LogP contribution in [0.1, 0.15) is 31.9 Å². The van der Waals surface area contributed by atoms with Gasteiger partial charge in [-0.15, -0.1) is 0 Å². The lowest BCUT2D eigenvalue weighted by molar-refractivity contribution is 0.0589. The number of benzene rings is 1. The minimum atomic E-state index is -0.768. The van der Waals surface area contributed by atoms with Gasteiger partial charge in [0.1, 0.15) is 5.75 Å². The summed E-state index contributed by atoms with van der Waals surface area (Å²) in [6, 6.07) is 4.17. The van der Waals surface area contributed by atoms with E-state index in [-0.39, 0.29) is 0 Å². The highest BCUT2D eigenvalue weighted by Gasteiger charge is 2.25. The van der Waals surface area contributed by atoms with E-state index in [1.54, 1.807) is 0 Å². The topological polar surface area (TPSA) is 41.5 Å². The molecule has 2 rings (SSSR count). The number of ether oxygens (including phenoxy) is 1. The summed E-state index contributed by atoms with van der Waals surface area (Å²) in [5.41, 5.74) is 1.55. The Kier molecular flexibility index (Phi) is 5.10. The molecule has 2 N–H and O–H groups in total. The maximum Gasteiger partial charge on any atom is 0.125 e. The predicted molar refractivity (Wildman–Crippen MR) is 85.4 cm³/mol. The zero-order chi connectivity index (χ0) is 14.8. The lowest BCUT2D eigenvalue weighted by Gasteiger charge is -2.25.